The van der Waals surface area contributed by atoms with E-state index < -0.39 is 54.5 Å². The van der Waals surface area contributed by atoms with Gasteiger partial charge in [0.2, 0.25) is 5.91 Å². The third kappa shape index (κ3) is 4.65. The van der Waals surface area contributed by atoms with Crippen molar-refractivity contribution in [2.75, 3.05) is 20.1 Å². The van der Waals surface area contributed by atoms with Gasteiger partial charge in [0.1, 0.15) is 11.7 Å². The monoisotopic (exact) mass is 536 g/mol. The van der Waals surface area contributed by atoms with Crippen molar-refractivity contribution in [1.82, 2.24) is 25.9 Å². The molecule has 1 aromatic heterocycles. The van der Waals surface area contributed by atoms with Gasteiger partial charge in [-0.1, -0.05) is 44.2 Å². The Labute approximate surface area is 226 Å². The molecule has 0 radical (unpaired) electrons. The zero-order valence-electron chi connectivity index (χ0n) is 22.2. The van der Waals surface area contributed by atoms with Gasteiger partial charge in [-0.05, 0) is 17.9 Å². The first-order valence-corrected chi connectivity index (χ1v) is 13.2. The smallest absolute Gasteiger partial charge is 0.599 e. The van der Waals surface area contributed by atoms with E-state index in [-0.39, 0.29) is 22.4 Å². The van der Waals surface area contributed by atoms with E-state index in [0.29, 0.717) is 19.5 Å². The van der Waals surface area contributed by atoms with Crippen LogP contribution in [0.1, 0.15) is 36.3 Å². The number of hydrogen-bond donors (Lipinski definition) is 3. The van der Waals surface area contributed by atoms with Crippen molar-refractivity contribution < 1.29 is 32.9 Å². The normalized spacial score (nSPS) is 28.7. The van der Waals surface area contributed by atoms with E-state index in [9.17, 15) is 19.2 Å². The minimum absolute atomic E-state index is 0.0301. The Morgan fingerprint density at radius 1 is 1.08 bits per heavy atom. The molecule has 2 aromatic rings. The lowest BCUT2D eigenvalue weighted by atomic mass is 9.56. The summed E-state index contributed by atoms with van der Waals surface area (Å²) in [6.45, 7) is 2.03. The summed E-state index contributed by atoms with van der Waals surface area (Å²) in [6.07, 6.45) is 4.77. The number of nitrogens with zero attached hydrogens (tertiary/aromatic N) is 3. The maximum atomic E-state index is 13.9. The van der Waals surface area contributed by atoms with E-state index in [1.54, 1.807) is 0 Å². The molecule has 3 saturated heterocycles. The molecular weight excluding hydrogens is 503 g/mol. The lowest BCUT2D eigenvalue weighted by Gasteiger charge is -2.51. The molecule has 5 rings (SSSR count). The van der Waals surface area contributed by atoms with E-state index >= 15 is 0 Å². The summed E-state index contributed by atoms with van der Waals surface area (Å²) in [6, 6.07) is 7.05. The standard InChI is InChI=1S/C26H33BN6O6/c1-16(2)11-22(27-33(3)20(25(36)38-27)14-29-15-21(33)26(37)39-27)32-23(34)18(12-17-7-5-4-6-8-17)31-24(35)19-13-28-9-10-30-19/h4-10,13,16,18,20-22,29H,11-12,14-15H2,1-3H3,(H,31,35)(H,32,34)/t18-,20-,21-,22-,27?,33?/m0/s1. The molecule has 206 valence electrons. The summed E-state index contributed by atoms with van der Waals surface area (Å²) >= 11 is 0. The molecule has 4 atom stereocenters. The second-order valence-electron chi connectivity index (χ2n) is 11.1. The van der Waals surface area contributed by atoms with E-state index in [2.05, 4.69) is 25.9 Å². The van der Waals surface area contributed by atoms with Gasteiger partial charge in [0, 0.05) is 25.9 Å². The van der Waals surface area contributed by atoms with E-state index in [0.717, 1.165) is 5.56 Å². The van der Waals surface area contributed by atoms with Crippen molar-refractivity contribution in [3.63, 3.8) is 0 Å². The zero-order chi connectivity index (χ0) is 27.8. The molecule has 0 unspecified atom stereocenters. The Balaban J connectivity index is 1.46. The largest absolute Gasteiger partial charge is 0.606 e. The fraction of sp³-hybridized carbons (Fsp3) is 0.462. The zero-order valence-corrected chi connectivity index (χ0v) is 22.2. The summed E-state index contributed by atoms with van der Waals surface area (Å²) in [5.41, 5.74) is 0.908. The van der Waals surface area contributed by atoms with Gasteiger partial charge in [0.05, 0.1) is 25.2 Å². The first-order valence-electron chi connectivity index (χ1n) is 13.2. The first-order chi connectivity index (χ1) is 18.7. The fourth-order valence-electron chi connectivity index (χ4n) is 6.22. The molecule has 12 nitrogen and oxygen atoms in total. The Morgan fingerprint density at radius 3 is 2.33 bits per heavy atom. The minimum atomic E-state index is -2.61. The average Bonchev–Trinajstić information content (AvgIpc) is 3.28. The van der Waals surface area contributed by atoms with Crippen LogP contribution in [0.25, 0.3) is 0 Å². The summed E-state index contributed by atoms with van der Waals surface area (Å²) in [4.78, 5) is 60.9. The quantitative estimate of drug-likeness (QED) is 0.368. The van der Waals surface area contributed by atoms with Crippen LogP contribution in [0.5, 0.6) is 0 Å². The number of quaternary nitrogens is 1. The molecule has 0 aliphatic carbocycles. The van der Waals surface area contributed by atoms with Crippen molar-refractivity contribution in [1.29, 1.82) is 0 Å². The molecule has 0 spiro atoms. The molecule has 4 heterocycles. The molecule has 39 heavy (non-hydrogen) atoms. The molecule has 13 heteroatoms. The van der Waals surface area contributed by atoms with E-state index in [1.165, 1.54) is 18.6 Å². The Bertz CT molecular complexity index is 1240. The van der Waals surface area contributed by atoms with Gasteiger partial charge in [0.25, 0.3) is 5.91 Å². The molecule has 0 saturated carbocycles. The minimum Gasteiger partial charge on any atom is -0.599 e. The highest BCUT2D eigenvalue weighted by Crippen LogP contribution is 2.45. The first kappa shape index (κ1) is 26.8. The fourth-order valence-corrected chi connectivity index (χ4v) is 6.22. The van der Waals surface area contributed by atoms with Crippen molar-refractivity contribution in [2.24, 2.45) is 5.92 Å². The van der Waals surface area contributed by atoms with Gasteiger partial charge in [-0.15, -0.1) is 0 Å². The highest BCUT2D eigenvalue weighted by molar-refractivity contribution is 6.68. The molecular formula is C26H33BN6O6. The SMILES string of the molecule is CC(C)C[C@H](NC(=O)[C@H](Cc1ccccc1)NC(=O)c1cnccn1)[B-]12OC(=O)[C@@H]3CNC[C@@H](C(=O)O1)[N+]32C. The highest BCUT2D eigenvalue weighted by atomic mass is 16.7. The van der Waals surface area contributed by atoms with Crippen molar-refractivity contribution >= 4 is 30.4 Å². The lowest BCUT2D eigenvalue weighted by molar-refractivity contribution is -0.846. The highest BCUT2D eigenvalue weighted by Gasteiger charge is 2.77. The molecule has 3 aliphatic rings. The van der Waals surface area contributed by atoms with Crippen LogP contribution in [0.3, 0.4) is 0 Å². The van der Waals surface area contributed by atoms with Gasteiger partial charge in [-0.3, -0.25) is 14.6 Å². The number of rotatable bonds is 9. The number of hydrogen-bond acceptors (Lipinski definition) is 9. The number of aromatic nitrogens is 2. The van der Waals surface area contributed by atoms with Crippen molar-refractivity contribution in [3.05, 3.63) is 60.2 Å². The van der Waals surface area contributed by atoms with Gasteiger partial charge in [-0.2, -0.15) is 0 Å². The van der Waals surface area contributed by atoms with Crippen LogP contribution < -0.4 is 16.0 Å². The summed E-state index contributed by atoms with van der Waals surface area (Å²) in [5.74, 6) is -2.68. The van der Waals surface area contributed by atoms with Crippen LogP contribution in [-0.4, -0.2) is 89.0 Å². The summed E-state index contributed by atoms with van der Waals surface area (Å²) in [5, 5.41) is 8.95. The average molecular weight is 536 g/mol. The second kappa shape index (κ2) is 10.4. The number of nitrogens with one attached hydrogen (secondary N) is 3. The number of carbonyl (C=O) groups excluding carboxylic acids is 4. The van der Waals surface area contributed by atoms with Crippen LogP contribution >= 0.6 is 0 Å². The van der Waals surface area contributed by atoms with Crippen LogP contribution in [0.4, 0.5) is 0 Å². The molecule has 3 fully saturated rings. The molecule has 3 aliphatic heterocycles. The molecule has 3 N–H and O–H groups in total. The molecule has 2 amide bonds. The maximum Gasteiger partial charge on any atom is 0.606 e. The van der Waals surface area contributed by atoms with Gasteiger partial charge in [-0.25, -0.2) is 14.6 Å². The Hall–Kier alpha value is -3.84. The van der Waals surface area contributed by atoms with Crippen LogP contribution in [0.15, 0.2) is 48.9 Å². The van der Waals surface area contributed by atoms with Crippen molar-refractivity contribution in [2.45, 2.75) is 50.8 Å². The van der Waals surface area contributed by atoms with Crippen LogP contribution in [-0.2, 0) is 30.1 Å². The second-order valence-corrected chi connectivity index (χ2v) is 11.1. The molecule has 0 bridgehead atoms. The lowest BCUT2D eigenvalue weighted by Crippen LogP contribution is -2.78. The Kier molecular flexibility index (Phi) is 7.12. The number of amides is 2. The van der Waals surface area contributed by atoms with E-state index in [4.69, 9.17) is 9.31 Å². The number of likely N-dealkylation sites (N-methyl/N-ethyl adjacent to an activating group) is 1. The van der Waals surface area contributed by atoms with Crippen molar-refractivity contribution in [3.8, 4) is 0 Å². The predicted octanol–water partition coefficient (Wildman–Crippen LogP) is -0.273. The molecule has 1 aromatic carbocycles. The number of benzene rings is 1. The van der Waals surface area contributed by atoms with Crippen LogP contribution in [0.2, 0.25) is 0 Å². The van der Waals surface area contributed by atoms with Gasteiger partial charge >= 0.3 is 18.6 Å². The summed E-state index contributed by atoms with van der Waals surface area (Å²) < 4.78 is 11.9. The van der Waals surface area contributed by atoms with E-state index in [1.807, 2.05) is 51.2 Å². The predicted molar refractivity (Wildman–Crippen MR) is 139 cm³/mol. The third-order valence-electron chi connectivity index (χ3n) is 8.17. The number of carbonyl (C=O) groups is 4. The maximum absolute atomic E-state index is 13.9. The third-order valence-corrected chi connectivity index (χ3v) is 8.17. The summed E-state index contributed by atoms with van der Waals surface area (Å²) in [7, 11) is 1.81. The Morgan fingerprint density at radius 2 is 1.74 bits per heavy atom. The topological polar surface area (TPSA) is 149 Å². The number of piperazine rings is 1. The van der Waals surface area contributed by atoms with Gasteiger partial charge in [0.15, 0.2) is 12.1 Å². The van der Waals surface area contributed by atoms with Crippen LogP contribution in [0, 0.1) is 5.92 Å². The van der Waals surface area contributed by atoms with Gasteiger partial charge < -0.3 is 29.7 Å².